The van der Waals surface area contributed by atoms with Gasteiger partial charge in [-0.3, -0.25) is 4.79 Å². The SMILES string of the molecule is C/C(=C\C(=O)NCC1CCCC1)c1ccccc1. The second kappa shape index (κ2) is 6.39. The number of hydrogen-bond acceptors (Lipinski definition) is 1. The molecule has 2 nitrogen and oxygen atoms in total. The van der Waals surface area contributed by atoms with Crippen molar-refractivity contribution in [1.82, 2.24) is 5.32 Å². The van der Waals surface area contributed by atoms with Crippen LogP contribution in [0, 0.1) is 5.92 Å². The van der Waals surface area contributed by atoms with Gasteiger partial charge in [0.1, 0.15) is 0 Å². The zero-order valence-corrected chi connectivity index (χ0v) is 11.0. The van der Waals surface area contributed by atoms with Gasteiger partial charge in [-0.15, -0.1) is 0 Å². The number of nitrogens with one attached hydrogen (secondary N) is 1. The fraction of sp³-hybridized carbons (Fsp3) is 0.438. The highest BCUT2D eigenvalue weighted by Gasteiger charge is 2.15. The fourth-order valence-corrected chi connectivity index (χ4v) is 2.49. The number of rotatable bonds is 4. The summed E-state index contributed by atoms with van der Waals surface area (Å²) in [4.78, 5) is 11.8. The van der Waals surface area contributed by atoms with Crippen molar-refractivity contribution in [1.29, 1.82) is 0 Å². The first kappa shape index (κ1) is 12.9. The summed E-state index contributed by atoms with van der Waals surface area (Å²) < 4.78 is 0. The van der Waals surface area contributed by atoms with Crippen LogP contribution in [0.15, 0.2) is 36.4 Å². The second-order valence-corrected chi connectivity index (χ2v) is 5.09. The first-order valence-corrected chi connectivity index (χ1v) is 6.77. The summed E-state index contributed by atoms with van der Waals surface area (Å²) in [7, 11) is 0. The number of benzene rings is 1. The van der Waals surface area contributed by atoms with E-state index in [2.05, 4.69) is 5.32 Å². The first-order valence-electron chi connectivity index (χ1n) is 6.77. The van der Waals surface area contributed by atoms with Gasteiger partial charge >= 0.3 is 0 Å². The molecule has 96 valence electrons. The van der Waals surface area contributed by atoms with Gasteiger partial charge in [-0.1, -0.05) is 43.2 Å². The average Bonchev–Trinajstić information content (AvgIpc) is 2.90. The maximum absolute atomic E-state index is 11.8. The van der Waals surface area contributed by atoms with Crippen molar-refractivity contribution in [3.05, 3.63) is 42.0 Å². The van der Waals surface area contributed by atoms with Crippen LogP contribution in [-0.4, -0.2) is 12.5 Å². The highest BCUT2D eigenvalue weighted by Crippen LogP contribution is 2.23. The van der Waals surface area contributed by atoms with E-state index in [0.29, 0.717) is 5.92 Å². The minimum absolute atomic E-state index is 0.0308. The lowest BCUT2D eigenvalue weighted by molar-refractivity contribution is -0.116. The van der Waals surface area contributed by atoms with Crippen molar-refractivity contribution >= 4 is 11.5 Å². The van der Waals surface area contributed by atoms with Crippen LogP contribution in [0.3, 0.4) is 0 Å². The smallest absolute Gasteiger partial charge is 0.244 e. The number of hydrogen-bond donors (Lipinski definition) is 1. The lowest BCUT2D eigenvalue weighted by Gasteiger charge is -2.09. The highest BCUT2D eigenvalue weighted by molar-refractivity contribution is 5.94. The van der Waals surface area contributed by atoms with E-state index in [1.807, 2.05) is 37.3 Å². The van der Waals surface area contributed by atoms with Crippen LogP contribution in [0.2, 0.25) is 0 Å². The van der Waals surface area contributed by atoms with E-state index in [9.17, 15) is 4.79 Å². The molecule has 1 N–H and O–H groups in total. The molecule has 0 bridgehead atoms. The van der Waals surface area contributed by atoms with Gasteiger partial charge in [0.15, 0.2) is 0 Å². The summed E-state index contributed by atoms with van der Waals surface area (Å²) in [5, 5.41) is 3.01. The van der Waals surface area contributed by atoms with Gasteiger partial charge < -0.3 is 5.32 Å². The molecule has 0 aliphatic heterocycles. The van der Waals surface area contributed by atoms with Gasteiger partial charge in [-0.2, -0.15) is 0 Å². The number of allylic oxidation sites excluding steroid dienone is 1. The molecule has 0 heterocycles. The Hall–Kier alpha value is -1.57. The van der Waals surface area contributed by atoms with Gasteiger partial charge in [0.2, 0.25) is 5.91 Å². The molecule has 18 heavy (non-hydrogen) atoms. The molecule has 1 fully saturated rings. The number of amides is 1. The van der Waals surface area contributed by atoms with Crippen molar-refractivity contribution in [2.75, 3.05) is 6.54 Å². The molecule has 1 saturated carbocycles. The monoisotopic (exact) mass is 243 g/mol. The predicted octanol–water partition coefficient (Wildman–Crippen LogP) is 3.40. The summed E-state index contributed by atoms with van der Waals surface area (Å²) in [5.41, 5.74) is 2.12. The molecular formula is C16H21NO. The summed E-state index contributed by atoms with van der Waals surface area (Å²) in [5.74, 6) is 0.725. The normalized spacial score (nSPS) is 16.8. The van der Waals surface area contributed by atoms with Gasteiger partial charge in [-0.05, 0) is 36.8 Å². The van der Waals surface area contributed by atoms with E-state index in [1.165, 1.54) is 25.7 Å². The topological polar surface area (TPSA) is 29.1 Å². The largest absolute Gasteiger partial charge is 0.352 e. The van der Waals surface area contributed by atoms with E-state index in [1.54, 1.807) is 6.08 Å². The Labute approximate surface area is 109 Å². The molecule has 0 radical (unpaired) electrons. The van der Waals surface area contributed by atoms with Gasteiger partial charge in [0, 0.05) is 12.6 Å². The van der Waals surface area contributed by atoms with Crippen LogP contribution in [0.1, 0.15) is 38.2 Å². The maximum atomic E-state index is 11.8. The van der Waals surface area contributed by atoms with Gasteiger partial charge in [-0.25, -0.2) is 0 Å². The first-order chi connectivity index (χ1) is 8.75. The zero-order chi connectivity index (χ0) is 12.8. The quantitative estimate of drug-likeness (QED) is 0.807. The Balaban J connectivity index is 1.85. The maximum Gasteiger partial charge on any atom is 0.244 e. The van der Waals surface area contributed by atoms with Crippen molar-refractivity contribution in [2.45, 2.75) is 32.6 Å². The summed E-state index contributed by atoms with van der Waals surface area (Å²) in [6, 6.07) is 10.0. The Kier molecular flexibility index (Phi) is 4.57. The average molecular weight is 243 g/mol. The summed E-state index contributed by atoms with van der Waals surface area (Å²) >= 11 is 0. The van der Waals surface area contributed by atoms with Crippen LogP contribution in [0.25, 0.3) is 5.57 Å². The van der Waals surface area contributed by atoms with Crippen molar-refractivity contribution in [2.24, 2.45) is 5.92 Å². The van der Waals surface area contributed by atoms with E-state index in [-0.39, 0.29) is 5.91 Å². The van der Waals surface area contributed by atoms with Gasteiger partial charge in [0.05, 0.1) is 0 Å². The van der Waals surface area contributed by atoms with Crippen LogP contribution < -0.4 is 5.32 Å². The highest BCUT2D eigenvalue weighted by atomic mass is 16.1. The molecule has 1 aromatic rings. The molecule has 1 aliphatic rings. The Morgan fingerprint density at radius 1 is 1.28 bits per heavy atom. The lowest BCUT2D eigenvalue weighted by atomic mass is 10.1. The van der Waals surface area contributed by atoms with Crippen LogP contribution in [0.4, 0.5) is 0 Å². The third-order valence-corrected chi connectivity index (χ3v) is 3.62. The predicted molar refractivity (Wildman–Crippen MR) is 75.1 cm³/mol. The van der Waals surface area contributed by atoms with E-state index in [0.717, 1.165) is 17.7 Å². The number of carbonyl (C=O) groups is 1. The van der Waals surface area contributed by atoms with Gasteiger partial charge in [0.25, 0.3) is 0 Å². The molecule has 2 heteroatoms. The van der Waals surface area contributed by atoms with Crippen molar-refractivity contribution < 1.29 is 4.79 Å². The third kappa shape index (κ3) is 3.73. The molecule has 1 amide bonds. The van der Waals surface area contributed by atoms with Crippen LogP contribution in [0.5, 0.6) is 0 Å². The molecular weight excluding hydrogens is 222 g/mol. The molecule has 0 aromatic heterocycles. The lowest BCUT2D eigenvalue weighted by Crippen LogP contribution is -2.26. The minimum atomic E-state index is 0.0308. The fourth-order valence-electron chi connectivity index (χ4n) is 2.49. The number of carbonyl (C=O) groups excluding carboxylic acids is 1. The van der Waals surface area contributed by atoms with Crippen molar-refractivity contribution in [3.8, 4) is 0 Å². The molecule has 2 rings (SSSR count). The summed E-state index contributed by atoms with van der Waals surface area (Å²) in [6.07, 6.45) is 6.87. The van der Waals surface area contributed by atoms with E-state index >= 15 is 0 Å². The Morgan fingerprint density at radius 2 is 1.94 bits per heavy atom. The second-order valence-electron chi connectivity index (χ2n) is 5.09. The Bertz CT molecular complexity index is 416. The molecule has 0 spiro atoms. The minimum Gasteiger partial charge on any atom is -0.352 e. The van der Waals surface area contributed by atoms with E-state index in [4.69, 9.17) is 0 Å². The molecule has 0 unspecified atom stereocenters. The van der Waals surface area contributed by atoms with Crippen LogP contribution in [-0.2, 0) is 4.79 Å². The molecule has 0 atom stereocenters. The summed E-state index contributed by atoms with van der Waals surface area (Å²) in [6.45, 7) is 2.81. The third-order valence-electron chi connectivity index (χ3n) is 3.62. The Morgan fingerprint density at radius 3 is 2.61 bits per heavy atom. The van der Waals surface area contributed by atoms with Crippen molar-refractivity contribution in [3.63, 3.8) is 0 Å². The standard InChI is InChI=1S/C16H21NO/c1-13(15-9-3-2-4-10-15)11-16(18)17-12-14-7-5-6-8-14/h2-4,9-11,14H,5-8,12H2,1H3,(H,17,18)/b13-11+. The molecule has 1 aliphatic carbocycles. The molecule has 1 aromatic carbocycles. The molecule has 0 saturated heterocycles. The van der Waals surface area contributed by atoms with Crippen LogP contribution >= 0.6 is 0 Å². The zero-order valence-electron chi connectivity index (χ0n) is 11.0. The van der Waals surface area contributed by atoms with E-state index < -0.39 is 0 Å².